The highest BCUT2D eigenvalue weighted by Gasteiger charge is 2.50. The van der Waals surface area contributed by atoms with Crippen LogP contribution in [0.25, 0.3) is 10.1 Å². The fourth-order valence-electron chi connectivity index (χ4n) is 5.95. The van der Waals surface area contributed by atoms with Crippen molar-refractivity contribution >= 4 is 46.7 Å². The number of fused-ring (bicyclic) bond motifs is 2. The van der Waals surface area contributed by atoms with Crippen molar-refractivity contribution in [2.45, 2.75) is 76.7 Å². The summed E-state index contributed by atoms with van der Waals surface area (Å²) in [6, 6.07) is 11.0. The highest BCUT2D eigenvalue weighted by molar-refractivity contribution is 7.52. The van der Waals surface area contributed by atoms with E-state index in [1.807, 2.05) is 32.9 Å². The third-order valence-electron chi connectivity index (χ3n) is 8.37. The first kappa shape index (κ1) is 32.2. The molecule has 1 saturated heterocycles. The van der Waals surface area contributed by atoms with Gasteiger partial charge < -0.3 is 25.3 Å². The van der Waals surface area contributed by atoms with E-state index in [0.29, 0.717) is 24.1 Å². The highest BCUT2D eigenvalue weighted by Crippen LogP contribution is 2.59. The van der Waals surface area contributed by atoms with Gasteiger partial charge >= 0.3 is 13.3 Å². The van der Waals surface area contributed by atoms with Gasteiger partial charge in [0.2, 0.25) is 11.8 Å². The van der Waals surface area contributed by atoms with Crippen LogP contribution in [0.1, 0.15) is 66.4 Å². The molecule has 13 heteroatoms. The topological polar surface area (TPSA) is 136 Å². The summed E-state index contributed by atoms with van der Waals surface area (Å²) in [5, 5.41) is 6.17. The van der Waals surface area contributed by atoms with E-state index < -0.39 is 42.2 Å². The summed E-state index contributed by atoms with van der Waals surface area (Å²) in [5.74, 6) is -1.17. The Kier molecular flexibility index (Phi) is 8.76. The Morgan fingerprint density at radius 3 is 2.43 bits per heavy atom. The molecule has 9 nitrogen and oxygen atoms in total. The van der Waals surface area contributed by atoms with Gasteiger partial charge in [0.05, 0.1) is 4.88 Å². The molecule has 3 aromatic rings. The number of alkyl halides is 2. The minimum atomic E-state index is -5.76. The monoisotopic (exact) mass is 647 g/mol. The Hall–Kier alpha value is -3.18. The summed E-state index contributed by atoms with van der Waals surface area (Å²) in [7, 11) is -5.76. The summed E-state index contributed by atoms with van der Waals surface area (Å²) >= 11 is 1.01. The summed E-state index contributed by atoms with van der Waals surface area (Å²) in [6.07, 6.45) is 3.59. The van der Waals surface area contributed by atoms with Crippen molar-refractivity contribution in [2.24, 2.45) is 5.41 Å². The average molecular weight is 648 g/mol. The SMILES string of the molecule is CC(C)(C)C(NC(=O)c1cc2cc(C(F)(F)P(=O)(O)O)ccc2s1)C(=O)N1CCC[C@H]1C(=O)N[C@H]1CCc2ccccc2C1. The van der Waals surface area contributed by atoms with Crippen molar-refractivity contribution in [3.05, 3.63) is 70.1 Å². The number of amides is 3. The maximum absolute atomic E-state index is 14.3. The minimum absolute atomic E-state index is 0.0248. The molecular weight excluding hydrogens is 611 g/mol. The molecule has 2 aromatic carbocycles. The molecule has 1 aliphatic carbocycles. The molecular formula is C31H36F2N3O6PS. The zero-order chi connectivity index (χ0) is 32.0. The van der Waals surface area contributed by atoms with Crippen molar-refractivity contribution < 1.29 is 37.5 Å². The number of hydrogen-bond acceptors (Lipinski definition) is 5. The fourth-order valence-corrected chi connectivity index (χ4v) is 7.37. The molecule has 236 valence electrons. The number of benzene rings is 2. The van der Waals surface area contributed by atoms with Crippen LogP contribution in [0, 0.1) is 5.41 Å². The first-order valence-corrected chi connectivity index (χ1v) is 16.9. The van der Waals surface area contributed by atoms with Crippen LogP contribution in [0.5, 0.6) is 0 Å². The van der Waals surface area contributed by atoms with Crippen LogP contribution in [-0.2, 0) is 32.7 Å². The maximum Gasteiger partial charge on any atom is 0.399 e. The number of nitrogens with zero attached hydrogens (tertiary/aromatic N) is 1. The second-order valence-corrected chi connectivity index (χ2v) is 15.4. The van der Waals surface area contributed by atoms with Crippen molar-refractivity contribution in [3.8, 4) is 0 Å². The molecule has 5 rings (SSSR count). The van der Waals surface area contributed by atoms with E-state index in [0.717, 1.165) is 42.7 Å². The van der Waals surface area contributed by atoms with Gasteiger partial charge in [-0.25, -0.2) is 0 Å². The number of carbonyl (C=O) groups excluding carboxylic acids is 3. The lowest BCUT2D eigenvalue weighted by atomic mass is 9.85. The van der Waals surface area contributed by atoms with Gasteiger partial charge in [-0.15, -0.1) is 11.3 Å². The summed E-state index contributed by atoms with van der Waals surface area (Å²) in [6.45, 7) is 5.80. The Morgan fingerprint density at radius 1 is 1.05 bits per heavy atom. The van der Waals surface area contributed by atoms with E-state index >= 15 is 0 Å². The summed E-state index contributed by atoms with van der Waals surface area (Å²) < 4.78 is 40.3. The van der Waals surface area contributed by atoms with Crippen LogP contribution in [0.4, 0.5) is 8.78 Å². The first-order valence-electron chi connectivity index (χ1n) is 14.5. The van der Waals surface area contributed by atoms with Crippen LogP contribution in [0.2, 0.25) is 0 Å². The molecule has 1 fully saturated rings. The maximum atomic E-state index is 14.3. The molecule has 2 heterocycles. The second kappa shape index (κ2) is 12.0. The number of nitrogens with one attached hydrogen (secondary N) is 2. The molecule has 0 bridgehead atoms. The largest absolute Gasteiger partial charge is 0.399 e. The van der Waals surface area contributed by atoms with E-state index in [1.165, 1.54) is 23.3 Å². The van der Waals surface area contributed by atoms with Crippen molar-refractivity contribution in [3.63, 3.8) is 0 Å². The van der Waals surface area contributed by atoms with E-state index in [2.05, 4.69) is 22.8 Å². The van der Waals surface area contributed by atoms with Crippen LogP contribution in [-0.4, -0.2) is 57.1 Å². The van der Waals surface area contributed by atoms with Crippen molar-refractivity contribution in [1.82, 2.24) is 15.5 Å². The van der Waals surface area contributed by atoms with E-state index in [9.17, 15) is 27.7 Å². The van der Waals surface area contributed by atoms with Crippen LogP contribution in [0.15, 0.2) is 48.5 Å². The van der Waals surface area contributed by atoms with Crippen molar-refractivity contribution in [1.29, 1.82) is 0 Å². The normalized spacial score (nSPS) is 19.8. The lowest BCUT2D eigenvalue weighted by molar-refractivity contribution is -0.142. The van der Waals surface area contributed by atoms with Crippen LogP contribution in [0.3, 0.4) is 0 Å². The third-order valence-corrected chi connectivity index (χ3v) is 10.5. The lowest BCUT2D eigenvalue weighted by Gasteiger charge is -2.36. The zero-order valence-electron chi connectivity index (χ0n) is 24.7. The molecule has 1 aromatic heterocycles. The van der Waals surface area contributed by atoms with Gasteiger partial charge in [-0.1, -0.05) is 51.1 Å². The molecule has 2 aliphatic rings. The predicted molar refractivity (Wildman–Crippen MR) is 164 cm³/mol. The molecule has 44 heavy (non-hydrogen) atoms. The van der Waals surface area contributed by atoms with Crippen molar-refractivity contribution in [2.75, 3.05) is 6.54 Å². The van der Waals surface area contributed by atoms with Gasteiger partial charge in [0.25, 0.3) is 5.91 Å². The molecule has 0 spiro atoms. The molecule has 0 radical (unpaired) electrons. The Labute approximate surface area is 258 Å². The Balaban J connectivity index is 1.30. The van der Waals surface area contributed by atoms with E-state index in [1.54, 1.807) is 4.90 Å². The smallest absolute Gasteiger partial charge is 0.351 e. The lowest BCUT2D eigenvalue weighted by Crippen LogP contribution is -2.58. The molecule has 4 N–H and O–H groups in total. The second-order valence-electron chi connectivity index (χ2n) is 12.6. The molecule has 1 aliphatic heterocycles. The number of carbonyl (C=O) groups is 3. The third kappa shape index (κ3) is 6.44. The number of likely N-dealkylation sites (tertiary alicyclic amines) is 1. The molecule has 3 amide bonds. The van der Waals surface area contributed by atoms with Gasteiger partial charge in [0.1, 0.15) is 12.1 Å². The number of rotatable bonds is 7. The van der Waals surface area contributed by atoms with E-state index in [4.69, 9.17) is 9.79 Å². The Bertz CT molecular complexity index is 1650. The predicted octanol–water partition coefficient (Wildman–Crippen LogP) is 4.94. The summed E-state index contributed by atoms with van der Waals surface area (Å²) in [4.78, 5) is 60.6. The molecule has 1 unspecified atom stereocenters. The zero-order valence-corrected chi connectivity index (χ0v) is 26.4. The Morgan fingerprint density at radius 2 is 1.75 bits per heavy atom. The molecule has 3 atom stereocenters. The number of halogens is 2. The van der Waals surface area contributed by atoms with Gasteiger partial charge in [-0.2, -0.15) is 8.78 Å². The summed E-state index contributed by atoms with van der Waals surface area (Å²) in [5.41, 5.74) is -3.46. The van der Waals surface area contributed by atoms with Gasteiger partial charge in [-0.3, -0.25) is 18.9 Å². The quantitative estimate of drug-likeness (QED) is 0.269. The highest BCUT2D eigenvalue weighted by atomic mass is 32.1. The molecule has 0 saturated carbocycles. The van der Waals surface area contributed by atoms with Crippen LogP contribution >= 0.6 is 18.9 Å². The number of thiophene rings is 1. The minimum Gasteiger partial charge on any atom is -0.351 e. The number of aryl methyl sites for hydroxylation is 1. The van der Waals surface area contributed by atoms with Crippen LogP contribution < -0.4 is 10.6 Å². The fraction of sp³-hybridized carbons (Fsp3) is 0.452. The standard InChI is InChI=1S/C31H36F2N3O6PS/c1-30(2,3)26(35-28(38)25-17-20-15-21(11-13-24(20)44-25)31(32,33)43(40,41)42)29(39)36-14-6-9-23(36)27(37)34-22-12-10-18-7-4-5-8-19(18)16-22/h4-5,7-8,11,13,15,17,22-23,26H,6,9-10,12,14,16H2,1-3H3,(H,34,37)(H,35,38)(H2,40,41,42)/t22-,23-,26?/m0/s1. The first-order chi connectivity index (χ1) is 20.6. The van der Waals surface area contributed by atoms with Gasteiger partial charge in [0, 0.05) is 22.8 Å². The van der Waals surface area contributed by atoms with E-state index in [-0.39, 0.29) is 28.1 Å². The average Bonchev–Trinajstić information content (AvgIpc) is 3.61. The van der Waals surface area contributed by atoms with Gasteiger partial charge in [0.15, 0.2) is 0 Å². The van der Waals surface area contributed by atoms with Gasteiger partial charge in [-0.05, 0) is 72.2 Å². The number of hydrogen-bond donors (Lipinski definition) is 4.